The molecule has 2 aromatic rings. The Morgan fingerprint density at radius 1 is 1.09 bits per heavy atom. The van der Waals surface area contributed by atoms with Crippen LogP contribution in [-0.2, 0) is 16.0 Å². The first-order valence-electron chi connectivity index (χ1n) is 6.53. The average molecular weight is 319 g/mol. The Balaban J connectivity index is 1.98. The van der Waals surface area contributed by atoms with Crippen molar-refractivity contribution in [1.82, 2.24) is 5.32 Å². The van der Waals surface area contributed by atoms with E-state index in [0.717, 1.165) is 17.3 Å². The van der Waals surface area contributed by atoms with Gasteiger partial charge in [0.15, 0.2) is 5.37 Å². The third-order valence-electron chi connectivity index (χ3n) is 2.79. The maximum absolute atomic E-state index is 12.8. The summed E-state index contributed by atoms with van der Waals surface area (Å²) >= 11 is 0.946. The fraction of sp³-hybridized carbons (Fsp3) is 0.125. The Morgan fingerprint density at radius 2 is 1.73 bits per heavy atom. The molecule has 0 spiro atoms. The number of rotatable bonds is 6. The summed E-state index contributed by atoms with van der Waals surface area (Å²) in [6.07, 6.45) is 0.106. The molecule has 2 aromatic carbocycles. The SMILES string of the molecule is O=C(Cc1ccccc1)NC(Sc1ccc(F)cc1)C(=O)O. The van der Waals surface area contributed by atoms with Gasteiger partial charge < -0.3 is 10.4 Å². The number of carbonyl (C=O) groups is 2. The van der Waals surface area contributed by atoms with E-state index in [1.807, 2.05) is 18.2 Å². The molecule has 0 radical (unpaired) electrons. The van der Waals surface area contributed by atoms with Crippen molar-refractivity contribution < 1.29 is 19.1 Å². The average Bonchev–Trinajstić information content (AvgIpc) is 2.49. The van der Waals surface area contributed by atoms with E-state index in [1.54, 1.807) is 12.1 Å². The minimum atomic E-state index is -1.16. The van der Waals surface area contributed by atoms with Gasteiger partial charge in [-0.15, -0.1) is 0 Å². The maximum atomic E-state index is 12.8. The molecule has 6 heteroatoms. The summed E-state index contributed by atoms with van der Waals surface area (Å²) in [5, 5.41) is 10.5. The predicted molar refractivity (Wildman–Crippen MR) is 82.0 cm³/mol. The Hall–Kier alpha value is -2.34. The molecular weight excluding hydrogens is 305 g/mol. The van der Waals surface area contributed by atoms with E-state index in [1.165, 1.54) is 24.3 Å². The van der Waals surface area contributed by atoms with E-state index >= 15 is 0 Å². The monoisotopic (exact) mass is 319 g/mol. The molecule has 1 unspecified atom stereocenters. The second-order valence-electron chi connectivity index (χ2n) is 4.52. The number of carboxylic acids is 1. The van der Waals surface area contributed by atoms with Crippen molar-refractivity contribution >= 4 is 23.6 Å². The van der Waals surface area contributed by atoms with Crippen molar-refractivity contribution in [2.75, 3.05) is 0 Å². The molecule has 0 fully saturated rings. The molecule has 0 aliphatic heterocycles. The van der Waals surface area contributed by atoms with Gasteiger partial charge >= 0.3 is 5.97 Å². The zero-order valence-corrected chi connectivity index (χ0v) is 12.3. The van der Waals surface area contributed by atoms with E-state index in [4.69, 9.17) is 0 Å². The van der Waals surface area contributed by atoms with Crippen molar-refractivity contribution in [2.45, 2.75) is 16.7 Å². The van der Waals surface area contributed by atoms with Gasteiger partial charge in [-0.05, 0) is 29.8 Å². The second-order valence-corrected chi connectivity index (χ2v) is 5.70. The zero-order chi connectivity index (χ0) is 15.9. The lowest BCUT2D eigenvalue weighted by atomic mass is 10.1. The second kappa shape index (κ2) is 7.61. The van der Waals surface area contributed by atoms with E-state index in [0.29, 0.717) is 4.90 Å². The molecule has 0 bridgehead atoms. The van der Waals surface area contributed by atoms with Crippen LogP contribution in [0.1, 0.15) is 5.56 Å². The lowest BCUT2D eigenvalue weighted by molar-refractivity contribution is -0.139. The van der Waals surface area contributed by atoms with Crippen molar-refractivity contribution in [3.05, 3.63) is 66.0 Å². The first-order valence-corrected chi connectivity index (χ1v) is 7.41. The van der Waals surface area contributed by atoms with Crippen LogP contribution >= 0.6 is 11.8 Å². The van der Waals surface area contributed by atoms with E-state index in [2.05, 4.69) is 5.32 Å². The number of amides is 1. The van der Waals surface area contributed by atoms with E-state index in [9.17, 15) is 19.1 Å². The molecule has 2 N–H and O–H groups in total. The van der Waals surface area contributed by atoms with Gasteiger partial charge in [-0.2, -0.15) is 0 Å². The van der Waals surface area contributed by atoms with Crippen LogP contribution in [0.25, 0.3) is 0 Å². The minimum Gasteiger partial charge on any atom is -0.479 e. The van der Waals surface area contributed by atoms with Gasteiger partial charge in [-0.1, -0.05) is 42.1 Å². The highest BCUT2D eigenvalue weighted by Crippen LogP contribution is 2.22. The smallest absolute Gasteiger partial charge is 0.337 e. The normalized spacial score (nSPS) is 11.7. The number of halogens is 1. The number of carboxylic acid groups (broad SMARTS) is 1. The fourth-order valence-electron chi connectivity index (χ4n) is 1.77. The van der Waals surface area contributed by atoms with Crippen LogP contribution < -0.4 is 5.32 Å². The van der Waals surface area contributed by atoms with Crippen molar-refractivity contribution in [3.63, 3.8) is 0 Å². The molecule has 1 atom stereocenters. The van der Waals surface area contributed by atoms with Crippen molar-refractivity contribution in [1.29, 1.82) is 0 Å². The molecule has 0 saturated heterocycles. The molecular formula is C16H14FNO3S. The Morgan fingerprint density at radius 3 is 2.32 bits per heavy atom. The van der Waals surface area contributed by atoms with E-state index < -0.39 is 17.2 Å². The number of aliphatic carboxylic acids is 1. The van der Waals surface area contributed by atoms with Crippen LogP contribution in [0.3, 0.4) is 0 Å². The predicted octanol–water partition coefficient (Wildman–Crippen LogP) is 2.69. The van der Waals surface area contributed by atoms with Crippen LogP contribution in [-0.4, -0.2) is 22.4 Å². The van der Waals surface area contributed by atoms with Crippen molar-refractivity contribution in [3.8, 4) is 0 Å². The van der Waals surface area contributed by atoms with Crippen LogP contribution in [0, 0.1) is 5.82 Å². The topological polar surface area (TPSA) is 66.4 Å². The van der Waals surface area contributed by atoms with Crippen LogP contribution in [0.4, 0.5) is 4.39 Å². The summed E-state index contributed by atoms with van der Waals surface area (Å²) in [5.74, 6) is -1.94. The molecule has 4 nitrogen and oxygen atoms in total. The summed E-state index contributed by atoms with van der Waals surface area (Å²) < 4.78 is 12.8. The number of benzene rings is 2. The quantitative estimate of drug-likeness (QED) is 0.634. The molecule has 0 aromatic heterocycles. The maximum Gasteiger partial charge on any atom is 0.337 e. The minimum absolute atomic E-state index is 0.106. The first kappa shape index (κ1) is 16.0. The molecule has 1 amide bonds. The molecule has 0 saturated carbocycles. The summed E-state index contributed by atoms with van der Waals surface area (Å²) in [5.41, 5.74) is 0.802. The van der Waals surface area contributed by atoms with E-state index in [-0.39, 0.29) is 12.3 Å². The lowest BCUT2D eigenvalue weighted by Crippen LogP contribution is -2.39. The molecule has 114 valence electrons. The summed E-state index contributed by atoms with van der Waals surface area (Å²) in [4.78, 5) is 23.7. The summed E-state index contributed by atoms with van der Waals surface area (Å²) in [7, 11) is 0. The largest absolute Gasteiger partial charge is 0.479 e. The molecule has 0 aliphatic carbocycles. The van der Waals surface area contributed by atoms with Crippen LogP contribution in [0.2, 0.25) is 0 Å². The van der Waals surface area contributed by atoms with Crippen molar-refractivity contribution in [2.24, 2.45) is 0 Å². The highest BCUT2D eigenvalue weighted by Gasteiger charge is 2.21. The summed E-state index contributed by atoms with van der Waals surface area (Å²) in [6, 6.07) is 14.5. The molecule has 22 heavy (non-hydrogen) atoms. The number of hydrogen-bond donors (Lipinski definition) is 2. The van der Waals surface area contributed by atoms with Gasteiger partial charge in [-0.3, -0.25) is 4.79 Å². The number of hydrogen-bond acceptors (Lipinski definition) is 3. The highest BCUT2D eigenvalue weighted by molar-refractivity contribution is 8.00. The Bertz CT molecular complexity index is 646. The molecule has 2 rings (SSSR count). The Labute approximate surface area is 131 Å². The standard InChI is InChI=1S/C16H14FNO3S/c17-12-6-8-13(9-7-12)22-15(16(20)21)18-14(19)10-11-4-2-1-3-5-11/h1-9,15H,10H2,(H,18,19)(H,20,21). The van der Waals surface area contributed by atoms with Crippen LogP contribution in [0.5, 0.6) is 0 Å². The number of thioether (sulfide) groups is 1. The van der Waals surface area contributed by atoms with Gasteiger partial charge in [0.25, 0.3) is 0 Å². The highest BCUT2D eigenvalue weighted by atomic mass is 32.2. The summed E-state index contributed by atoms with van der Waals surface area (Å²) in [6.45, 7) is 0. The fourth-order valence-corrected chi connectivity index (χ4v) is 2.63. The number of nitrogens with one attached hydrogen (secondary N) is 1. The van der Waals surface area contributed by atoms with Gasteiger partial charge in [0.1, 0.15) is 5.82 Å². The number of carbonyl (C=O) groups excluding carboxylic acids is 1. The first-order chi connectivity index (χ1) is 10.5. The molecule has 0 aliphatic rings. The third kappa shape index (κ3) is 4.89. The van der Waals surface area contributed by atoms with Crippen LogP contribution in [0.15, 0.2) is 59.5 Å². The van der Waals surface area contributed by atoms with Gasteiger partial charge in [-0.25, -0.2) is 9.18 Å². The molecule has 0 heterocycles. The van der Waals surface area contributed by atoms with Gasteiger partial charge in [0.2, 0.25) is 5.91 Å². The van der Waals surface area contributed by atoms with Gasteiger partial charge in [0, 0.05) is 4.90 Å². The Kier molecular flexibility index (Phi) is 5.55. The van der Waals surface area contributed by atoms with Gasteiger partial charge in [0.05, 0.1) is 6.42 Å². The zero-order valence-electron chi connectivity index (χ0n) is 11.5. The lowest BCUT2D eigenvalue weighted by Gasteiger charge is -2.14. The third-order valence-corrected chi connectivity index (χ3v) is 3.89.